The molecule has 1 heterocycles. The lowest BCUT2D eigenvalue weighted by molar-refractivity contribution is -0.116. The molecule has 29 heavy (non-hydrogen) atoms. The molecule has 2 N–H and O–H groups in total. The van der Waals surface area contributed by atoms with Crippen molar-refractivity contribution in [1.29, 1.82) is 0 Å². The van der Waals surface area contributed by atoms with E-state index in [1.807, 2.05) is 36.4 Å². The molecule has 148 valence electrons. The Morgan fingerprint density at radius 2 is 1.66 bits per heavy atom. The fraction of sp³-hybridized carbons (Fsp3) is 0.217. The minimum atomic E-state index is -0.195. The van der Waals surface area contributed by atoms with Gasteiger partial charge in [-0.25, -0.2) is 0 Å². The second-order valence-corrected chi connectivity index (χ2v) is 6.83. The molecule has 0 radical (unpaired) electrons. The van der Waals surface area contributed by atoms with Gasteiger partial charge >= 0.3 is 0 Å². The summed E-state index contributed by atoms with van der Waals surface area (Å²) in [7, 11) is 0. The Labute approximate surface area is 168 Å². The lowest BCUT2D eigenvalue weighted by Gasteiger charge is -2.11. The molecular weight excluding hydrogens is 368 g/mol. The van der Waals surface area contributed by atoms with Gasteiger partial charge in [0.25, 0.3) is 5.91 Å². The first-order chi connectivity index (χ1) is 14.2. The van der Waals surface area contributed by atoms with E-state index in [0.29, 0.717) is 36.0 Å². The van der Waals surface area contributed by atoms with E-state index in [9.17, 15) is 9.59 Å². The minimum absolute atomic E-state index is 0.174. The van der Waals surface area contributed by atoms with Gasteiger partial charge in [-0.2, -0.15) is 0 Å². The van der Waals surface area contributed by atoms with Crippen molar-refractivity contribution in [3.63, 3.8) is 0 Å². The number of hydrogen-bond donors (Lipinski definition) is 2. The maximum absolute atomic E-state index is 12.3. The van der Waals surface area contributed by atoms with Crippen LogP contribution in [0.3, 0.4) is 0 Å². The summed E-state index contributed by atoms with van der Waals surface area (Å²) in [6.07, 6.45) is 1.00. The zero-order chi connectivity index (χ0) is 20.1. The van der Waals surface area contributed by atoms with Crippen molar-refractivity contribution in [3.8, 4) is 11.5 Å². The van der Waals surface area contributed by atoms with E-state index in [1.165, 1.54) is 0 Å². The third-order valence-electron chi connectivity index (χ3n) is 4.68. The van der Waals surface area contributed by atoms with Crippen LogP contribution in [0.2, 0.25) is 0 Å². The van der Waals surface area contributed by atoms with Crippen molar-refractivity contribution in [2.24, 2.45) is 0 Å². The molecule has 2 amide bonds. The number of nitrogens with one attached hydrogen (secondary N) is 2. The second kappa shape index (κ2) is 8.65. The number of amides is 2. The fourth-order valence-electron chi connectivity index (χ4n) is 3.19. The molecule has 0 saturated carbocycles. The second-order valence-electron chi connectivity index (χ2n) is 6.83. The first kappa shape index (κ1) is 18.8. The van der Waals surface area contributed by atoms with Crippen LogP contribution in [-0.4, -0.2) is 31.6 Å². The molecule has 0 unspecified atom stereocenters. The van der Waals surface area contributed by atoms with Crippen LogP contribution < -0.4 is 20.1 Å². The average Bonchev–Trinajstić information content (AvgIpc) is 2.98. The van der Waals surface area contributed by atoms with Crippen LogP contribution in [0.5, 0.6) is 11.5 Å². The van der Waals surface area contributed by atoms with Crippen molar-refractivity contribution in [2.75, 3.05) is 25.1 Å². The summed E-state index contributed by atoms with van der Waals surface area (Å²) in [5.41, 5.74) is 1.21. The van der Waals surface area contributed by atoms with Crippen molar-refractivity contribution in [2.45, 2.75) is 12.8 Å². The van der Waals surface area contributed by atoms with Crippen molar-refractivity contribution >= 4 is 28.3 Å². The Balaban J connectivity index is 1.29. The summed E-state index contributed by atoms with van der Waals surface area (Å²) >= 11 is 0. The van der Waals surface area contributed by atoms with Crippen LogP contribution >= 0.6 is 0 Å². The van der Waals surface area contributed by atoms with E-state index in [0.717, 1.165) is 17.2 Å². The van der Waals surface area contributed by atoms with Gasteiger partial charge in [-0.05, 0) is 35.0 Å². The van der Waals surface area contributed by atoms with Crippen molar-refractivity contribution < 1.29 is 19.1 Å². The number of anilines is 1. The highest BCUT2D eigenvalue weighted by Crippen LogP contribution is 2.32. The average molecular weight is 390 g/mol. The van der Waals surface area contributed by atoms with Gasteiger partial charge in [-0.1, -0.05) is 30.3 Å². The highest BCUT2D eigenvalue weighted by atomic mass is 16.5. The number of carbonyl (C=O) groups is 2. The van der Waals surface area contributed by atoms with E-state index in [1.54, 1.807) is 24.3 Å². The molecule has 0 aliphatic carbocycles. The third kappa shape index (κ3) is 4.66. The minimum Gasteiger partial charge on any atom is -0.490 e. The first-order valence-electron chi connectivity index (χ1n) is 9.65. The molecule has 3 aromatic carbocycles. The maximum atomic E-state index is 12.3. The molecule has 0 fully saturated rings. The molecule has 4 rings (SSSR count). The topological polar surface area (TPSA) is 76.7 Å². The van der Waals surface area contributed by atoms with Crippen molar-refractivity contribution in [1.82, 2.24) is 5.32 Å². The summed E-state index contributed by atoms with van der Waals surface area (Å²) in [5.74, 6) is 0.936. The lowest BCUT2D eigenvalue weighted by Crippen LogP contribution is -2.27. The largest absolute Gasteiger partial charge is 0.490 e. The molecule has 0 bridgehead atoms. The Morgan fingerprint density at radius 3 is 2.52 bits per heavy atom. The smallest absolute Gasteiger partial charge is 0.251 e. The SMILES string of the molecule is O=C(CCNC(=O)c1ccc2ccccc2c1)Nc1ccc2c(c1)OCCCO2. The Hall–Kier alpha value is -3.54. The fourth-order valence-corrected chi connectivity index (χ4v) is 3.19. The molecule has 1 aliphatic heterocycles. The highest BCUT2D eigenvalue weighted by Gasteiger charge is 2.12. The van der Waals surface area contributed by atoms with Gasteiger partial charge in [0, 0.05) is 36.7 Å². The predicted molar refractivity (Wildman–Crippen MR) is 112 cm³/mol. The number of hydrogen-bond acceptors (Lipinski definition) is 4. The van der Waals surface area contributed by atoms with Gasteiger partial charge in [-0.15, -0.1) is 0 Å². The van der Waals surface area contributed by atoms with Crippen LogP contribution in [0.25, 0.3) is 10.8 Å². The molecule has 0 spiro atoms. The molecule has 0 atom stereocenters. The Kier molecular flexibility index (Phi) is 5.61. The molecule has 6 nitrogen and oxygen atoms in total. The summed E-state index contributed by atoms with van der Waals surface area (Å²) in [4.78, 5) is 24.6. The van der Waals surface area contributed by atoms with Gasteiger partial charge in [0.15, 0.2) is 11.5 Å². The molecule has 0 aromatic heterocycles. The van der Waals surface area contributed by atoms with Crippen LogP contribution in [0, 0.1) is 0 Å². The number of rotatable bonds is 5. The summed E-state index contributed by atoms with van der Waals surface area (Å²) < 4.78 is 11.2. The lowest BCUT2D eigenvalue weighted by atomic mass is 10.1. The quantitative estimate of drug-likeness (QED) is 0.695. The Bertz CT molecular complexity index is 1050. The van der Waals surface area contributed by atoms with Crippen LogP contribution in [-0.2, 0) is 4.79 Å². The van der Waals surface area contributed by atoms with Gasteiger partial charge < -0.3 is 20.1 Å². The Morgan fingerprint density at radius 1 is 0.862 bits per heavy atom. The summed E-state index contributed by atoms with van der Waals surface area (Å²) in [6.45, 7) is 1.46. The van der Waals surface area contributed by atoms with E-state index >= 15 is 0 Å². The van der Waals surface area contributed by atoms with E-state index in [-0.39, 0.29) is 24.8 Å². The summed E-state index contributed by atoms with van der Waals surface area (Å²) in [6, 6.07) is 18.7. The number of ether oxygens (including phenoxy) is 2. The van der Waals surface area contributed by atoms with Gasteiger partial charge in [0.05, 0.1) is 13.2 Å². The number of fused-ring (bicyclic) bond motifs is 2. The zero-order valence-corrected chi connectivity index (χ0v) is 15.9. The molecule has 0 saturated heterocycles. The number of carbonyl (C=O) groups excluding carboxylic acids is 2. The zero-order valence-electron chi connectivity index (χ0n) is 15.9. The predicted octanol–water partition coefficient (Wildman–Crippen LogP) is 3.76. The molecule has 3 aromatic rings. The van der Waals surface area contributed by atoms with Gasteiger partial charge in [0.1, 0.15) is 0 Å². The van der Waals surface area contributed by atoms with Crippen LogP contribution in [0.4, 0.5) is 5.69 Å². The summed E-state index contributed by atoms with van der Waals surface area (Å²) in [5, 5.41) is 7.71. The third-order valence-corrected chi connectivity index (χ3v) is 4.68. The van der Waals surface area contributed by atoms with E-state index in [4.69, 9.17) is 9.47 Å². The van der Waals surface area contributed by atoms with Crippen LogP contribution in [0.1, 0.15) is 23.2 Å². The normalized spacial score (nSPS) is 12.8. The molecule has 6 heteroatoms. The molecular formula is C23H22N2O4. The highest BCUT2D eigenvalue weighted by molar-refractivity contribution is 5.99. The monoisotopic (exact) mass is 390 g/mol. The van der Waals surface area contributed by atoms with Gasteiger partial charge in [0.2, 0.25) is 5.91 Å². The van der Waals surface area contributed by atoms with Gasteiger partial charge in [-0.3, -0.25) is 9.59 Å². The molecule has 1 aliphatic rings. The number of benzene rings is 3. The standard InChI is InChI=1S/C23H22N2O4/c26-22(25-19-8-9-20-21(15-19)29-13-3-12-28-20)10-11-24-23(27)18-7-6-16-4-1-2-5-17(16)14-18/h1-2,4-9,14-15H,3,10-13H2,(H,24,27)(H,25,26). The van der Waals surface area contributed by atoms with E-state index < -0.39 is 0 Å². The first-order valence-corrected chi connectivity index (χ1v) is 9.65. The van der Waals surface area contributed by atoms with Crippen LogP contribution in [0.15, 0.2) is 60.7 Å². The van der Waals surface area contributed by atoms with E-state index in [2.05, 4.69) is 10.6 Å². The maximum Gasteiger partial charge on any atom is 0.251 e. The van der Waals surface area contributed by atoms with Crippen molar-refractivity contribution in [3.05, 3.63) is 66.2 Å².